The van der Waals surface area contributed by atoms with Crippen molar-refractivity contribution >= 4 is 10.2 Å². The zero-order valence-corrected chi connectivity index (χ0v) is 13.7. The fraction of sp³-hybridized carbons (Fsp3) is 1.00. The maximum atomic E-state index is 12.4. The monoisotopic (exact) mass is 291 g/mol. The Kier molecular flexibility index (Phi) is 5.40. The maximum absolute atomic E-state index is 12.4. The van der Waals surface area contributed by atoms with Crippen molar-refractivity contribution < 1.29 is 8.42 Å². The van der Waals surface area contributed by atoms with Crippen LogP contribution in [0.5, 0.6) is 0 Å². The molecule has 2 N–H and O–H groups in total. The van der Waals surface area contributed by atoms with E-state index in [0.717, 1.165) is 12.8 Å². The molecule has 0 aliphatic carbocycles. The fourth-order valence-electron chi connectivity index (χ4n) is 2.51. The molecule has 1 aliphatic rings. The van der Waals surface area contributed by atoms with Gasteiger partial charge in [-0.25, -0.2) is 0 Å². The third-order valence-electron chi connectivity index (χ3n) is 4.33. The van der Waals surface area contributed by atoms with Gasteiger partial charge in [-0.1, -0.05) is 20.8 Å². The van der Waals surface area contributed by atoms with Crippen LogP contribution < -0.4 is 5.73 Å². The normalized spacial score (nSPS) is 21.8. The van der Waals surface area contributed by atoms with Gasteiger partial charge in [0.2, 0.25) is 0 Å². The average Bonchev–Trinajstić information content (AvgIpc) is 2.36. The second kappa shape index (κ2) is 6.08. The molecule has 0 radical (unpaired) electrons. The van der Waals surface area contributed by atoms with Crippen molar-refractivity contribution in [1.82, 2.24) is 8.61 Å². The van der Waals surface area contributed by atoms with Gasteiger partial charge in [-0.2, -0.15) is 17.0 Å². The van der Waals surface area contributed by atoms with Crippen molar-refractivity contribution in [3.63, 3.8) is 0 Å². The quantitative estimate of drug-likeness (QED) is 0.848. The zero-order valence-electron chi connectivity index (χ0n) is 12.9. The fourth-order valence-corrected chi connectivity index (χ4v) is 4.09. The molecule has 0 aromatic carbocycles. The summed E-state index contributed by atoms with van der Waals surface area (Å²) in [6, 6.07) is -0.162. The lowest BCUT2D eigenvalue weighted by atomic mass is 9.76. The summed E-state index contributed by atoms with van der Waals surface area (Å²) in [7, 11) is -1.74. The molecule has 1 heterocycles. The van der Waals surface area contributed by atoms with Crippen molar-refractivity contribution in [3.8, 4) is 0 Å². The van der Waals surface area contributed by atoms with E-state index in [1.807, 2.05) is 6.92 Å². The molecule has 114 valence electrons. The van der Waals surface area contributed by atoms with Crippen molar-refractivity contribution in [2.45, 2.75) is 46.6 Å². The highest BCUT2D eigenvalue weighted by Crippen LogP contribution is 2.35. The number of nitrogens with zero attached hydrogens (tertiary/aromatic N) is 2. The van der Waals surface area contributed by atoms with Crippen LogP contribution in [-0.4, -0.2) is 49.8 Å². The van der Waals surface area contributed by atoms with Crippen LogP contribution in [0.3, 0.4) is 0 Å². The summed E-state index contributed by atoms with van der Waals surface area (Å²) in [5.41, 5.74) is 5.81. The Labute approximate surface area is 118 Å². The smallest absolute Gasteiger partial charge is 0.282 e. The summed E-state index contributed by atoms with van der Waals surface area (Å²) in [5.74, 6) is 0.594. The Morgan fingerprint density at radius 2 is 1.79 bits per heavy atom. The second-order valence-corrected chi connectivity index (χ2v) is 8.64. The lowest BCUT2D eigenvalue weighted by Crippen LogP contribution is -2.50. The topological polar surface area (TPSA) is 66.6 Å². The van der Waals surface area contributed by atoms with E-state index in [0.29, 0.717) is 25.6 Å². The van der Waals surface area contributed by atoms with Crippen LogP contribution in [0, 0.1) is 11.3 Å². The van der Waals surface area contributed by atoms with Crippen LogP contribution in [-0.2, 0) is 10.2 Å². The Morgan fingerprint density at radius 1 is 1.32 bits per heavy atom. The summed E-state index contributed by atoms with van der Waals surface area (Å²) >= 11 is 0. The maximum Gasteiger partial charge on any atom is 0.282 e. The highest BCUT2D eigenvalue weighted by molar-refractivity contribution is 7.86. The number of hydrogen-bond acceptors (Lipinski definition) is 3. The molecule has 5 nitrogen and oxygen atoms in total. The average molecular weight is 291 g/mol. The molecular formula is C13H29N3O2S. The van der Waals surface area contributed by atoms with Gasteiger partial charge in [0.15, 0.2) is 0 Å². The first-order valence-corrected chi connectivity index (χ1v) is 8.43. The molecule has 1 saturated heterocycles. The third kappa shape index (κ3) is 3.90. The molecular weight excluding hydrogens is 262 g/mol. The molecule has 1 aliphatic heterocycles. The van der Waals surface area contributed by atoms with Gasteiger partial charge in [0.05, 0.1) is 0 Å². The van der Waals surface area contributed by atoms with Gasteiger partial charge in [-0.15, -0.1) is 0 Å². The second-order valence-electron chi connectivity index (χ2n) is 6.65. The number of hydrogen-bond donors (Lipinski definition) is 1. The van der Waals surface area contributed by atoms with Gasteiger partial charge < -0.3 is 5.73 Å². The van der Waals surface area contributed by atoms with Crippen LogP contribution >= 0.6 is 0 Å². The van der Waals surface area contributed by atoms with Gasteiger partial charge in [0.1, 0.15) is 0 Å². The molecule has 0 bridgehead atoms. The van der Waals surface area contributed by atoms with Crippen LogP contribution in [0.2, 0.25) is 0 Å². The van der Waals surface area contributed by atoms with E-state index in [4.69, 9.17) is 5.73 Å². The molecule has 0 saturated carbocycles. The molecule has 1 atom stereocenters. The minimum Gasteiger partial charge on any atom is -0.329 e. The SMILES string of the molecule is CC(CN)N(C)S(=O)(=O)N1CCC(C(C)(C)C)CC1. The number of rotatable bonds is 4. The van der Waals surface area contributed by atoms with Crippen molar-refractivity contribution in [2.75, 3.05) is 26.7 Å². The molecule has 19 heavy (non-hydrogen) atoms. The predicted molar refractivity (Wildman–Crippen MR) is 79.0 cm³/mol. The number of nitrogens with two attached hydrogens (primary N) is 1. The molecule has 0 spiro atoms. The Bertz CT molecular complexity index is 381. The summed E-state index contributed by atoms with van der Waals surface area (Å²) < 4.78 is 27.9. The highest BCUT2D eigenvalue weighted by atomic mass is 32.2. The van der Waals surface area contributed by atoms with Gasteiger partial charge in [0.25, 0.3) is 10.2 Å². The van der Waals surface area contributed by atoms with Crippen LogP contribution in [0.4, 0.5) is 0 Å². The van der Waals surface area contributed by atoms with Gasteiger partial charge >= 0.3 is 0 Å². The van der Waals surface area contributed by atoms with Gasteiger partial charge in [-0.3, -0.25) is 0 Å². The van der Waals surface area contributed by atoms with E-state index in [1.54, 1.807) is 11.4 Å². The molecule has 1 unspecified atom stereocenters. The van der Waals surface area contributed by atoms with Crippen LogP contribution in [0.15, 0.2) is 0 Å². The summed E-state index contributed by atoms with van der Waals surface area (Å²) in [6.45, 7) is 10.1. The molecule has 1 fully saturated rings. The van der Waals surface area contributed by atoms with Gasteiger partial charge in [-0.05, 0) is 31.1 Å². The molecule has 1 rings (SSSR count). The predicted octanol–water partition coefficient (Wildman–Crippen LogP) is 1.27. The van der Waals surface area contributed by atoms with Crippen molar-refractivity contribution in [3.05, 3.63) is 0 Å². The first kappa shape index (κ1) is 16.9. The van der Waals surface area contributed by atoms with Crippen molar-refractivity contribution in [2.24, 2.45) is 17.1 Å². The van der Waals surface area contributed by atoms with E-state index in [-0.39, 0.29) is 11.5 Å². The summed E-state index contributed by atoms with van der Waals surface area (Å²) in [5, 5.41) is 0. The van der Waals surface area contributed by atoms with Crippen LogP contribution in [0.1, 0.15) is 40.5 Å². The van der Waals surface area contributed by atoms with E-state index < -0.39 is 10.2 Å². The number of piperidine rings is 1. The van der Waals surface area contributed by atoms with Gasteiger partial charge in [0, 0.05) is 32.7 Å². The zero-order chi connectivity index (χ0) is 14.8. The number of likely N-dealkylation sites (N-methyl/N-ethyl adjacent to an activating group) is 1. The largest absolute Gasteiger partial charge is 0.329 e. The summed E-state index contributed by atoms with van der Waals surface area (Å²) in [6.07, 6.45) is 1.88. The minimum absolute atomic E-state index is 0.162. The molecule has 0 amide bonds. The third-order valence-corrected chi connectivity index (χ3v) is 6.44. The van der Waals surface area contributed by atoms with Crippen molar-refractivity contribution in [1.29, 1.82) is 0 Å². The first-order valence-electron chi connectivity index (χ1n) is 7.04. The molecule has 0 aromatic rings. The van der Waals surface area contributed by atoms with E-state index in [9.17, 15) is 8.42 Å². The Morgan fingerprint density at radius 3 is 2.16 bits per heavy atom. The lowest BCUT2D eigenvalue weighted by molar-refractivity contribution is 0.149. The van der Waals surface area contributed by atoms with E-state index in [1.165, 1.54) is 4.31 Å². The highest BCUT2D eigenvalue weighted by Gasteiger charge is 2.35. The van der Waals surface area contributed by atoms with E-state index >= 15 is 0 Å². The summed E-state index contributed by atoms with van der Waals surface area (Å²) in [4.78, 5) is 0. The standard InChI is InChI=1S/C13H29N3O2S/c1-11(10-14)15(5)19(17,18)16-8-6-12(7-9-16)13(2,3)4/h11-12H,6-10,14H2,1-5H3. The molecule has 6 heteroatoms. The van der Waals surface area contributed by atoms with Crippen LogP contribution in [0.25, 0.3) is 0 Å². The van der Waals surface area contributed by atoms with E-state index in [2.05, 4.69) is 20.8 Å². The Hall–Kier alpha value is -0.170. The first-order chi connectivity index (χ1) is 8.60. The lowest BCUT2D eigenvalue weighted by Gasteiger charge is -2.39. The molecule has 0 aromatic heterocycles. The minimum atomic E-state index is -3.36. The Balaban J connectivity index is 2.69.